The van der Waals surface area contributed by atoms with Crippen molar-refractivity contribution >= 4 is 57.2 Å². The van der Waals surface area contributed by atoms with Crippen LogP contribution in [0.4, 0.5) is 34.1 Å². The van der Waals surface area contributed by atoms with Crippen molar-refractivity contribution < 1.29 is 0 Å². The van der Waals surface area contributed by atoms with E-state index in [1.165, 1.54) is 72.8 Å². The maximum atomic E-state index is 2.47. The molecule has 2 aliphatic heterocycles. The third kappa shape index (κ3) is 3.59. The van der Waals surface area contributed by atoms with E-state index in [1.807, 2.05) is 0 Å². The summed E-state index contributed by atoms with van der Waals surface area (Å²) in [5, 5.41) is 0. The van der Waals surface area contributed by atoms with Gasteiger partial charge in [0.1, 0.15) is 0 Å². The van der Waals surface area contributed by atoms with Gasteiger partial charge in [-0.1, -0.05) is 91.0 Å². The number of fused-ring (bicyclic) bond motifs is 4. The highest BCUT2D eigenvalue weighted by molar-refractivity contribution is 7.00. The van der Waals surface area contributed by atoms with Crippen LogP contribution in [0.5, 0.6) is 0 Å². The van der Waals surface area contributed by atoms with Crippen LogP contribution >= 0.6 is 0 Å². The molecule has 0 saturated heterocycles. The average molecular weight is 524 g/mol. The van der Waals surface area contributed by atoms with Crippen molar-refractivity contribution in [2.75, 3.05) is 9.80 Å². The molecular weight excluding hydrogens is 495 g/mol. The summed E-state index contributed by atoms with van der Waals surface area (Å²) in [5.41, 5.74) is 16.5. The van der Waals surface area contributed by atoms with E-state index in [0.29, 0.717) is 0 Å². The first-order chi connectivity index (χ1) is 20.2. The lowest BCUT2D eigenvalue weighted by Gasteiger charge is -2.44. The second-order valence-electron chi connectivity index (χ2n) is 11.1. The molecule has 0 aliphatic carbocycles. The minimum atomic E-state index is 0.138. The molecule has 194 valence electrons. The van der Waals surface area contributed by atoms with Gasteiger partial charge < -0.3 is 9.80 Å². The molecule has 0 N–H and O–H groups in total. The molecule has 0 bridgehead atoms. The molecule has 0 aromatic heterocycles. The Balaban J connectivity index is 1.53. The Morgan fingerprint density at radius 1 is 0.439 bits per heavy atom. The zero-order chi connectivity index (χ0) is 27.5. The van der Waals surface area contributed by atoms with E-state index in [2.05, 4.69) is 163 Å². The Morgan fingerprint density at radius 2 is 0.878 bits per heavy atom. The van der Waals surface area contributed by atoms with Crippen molar-refractivity contribution in [2.24, 2.45) is 0 Å². The molecule has 0 fully saturated rings. The van der Waals surface area contributed by atoms with Crippen LogP contribution in [0.15, 0.2) is 140 Å². The van der Waals surface area contributed by atoms with Crippen LogP contribution in [0.1, 0.15) is 11.1 Å². The molecular formula is C38H29BN2. The van der Waals surface area contributed by atoms with Gasteiger partial charge >= 0.3 is 0 Å². The summed E-state index contributed by atoms with van der Waals surface area (Å²) in [6.45, 7) is 4.59. The summed E-state index contributed by atoms with van der Waals surface area (Å²) >= 11 is 0. The van der Waals surface area contributed by atoms with Gasteiger partial charge in [0.15, 0.2) is 0 Å². The third-order valence-corrected chi connectivity index (χ3v) is 8.68. The van der Waals surface area contributed by atoms with Gasteiger partial charge in [-0.3, -0.25) is 0 Å². The fraction of sp³-hybridized carbons (Fsp3) is 0.0526. The maximum Gasteiger partial charge on any atom is 0.252 e. The van der Waals surface area contributed by atoms with E-state index in [9.17, 15) is 0 Å². The molecule has 0 atom stereocenters. The largest absolute Gasteiger partial charge is 0.311 e. The van der Waals surface area contributed by atoms with Gasteiger partial charge in [0, 0.05) is 34.1 Å². The lowest BCUT2D eigenvalue weighted by Crippen LogP contribution is -2.61. The lowest BCUT2D eigenvalue weighted by molar-refractivity contribution is 1.25. The third-order valence-electron chi connectivity index (χ3n) is 8.68. The smallest absolute Gasteiger partial charge is 0.252 e. The normalized spacial score (nSPS) is 13.0. The quantitative estimate of drug-likeness (QED) is 0.216. The van der Waals surface area contributed by atoms with Gasteiger partial charge in [-0.2, -0.15) is 0 Å². The topological polar surface area (TPSA) is 6.48 Å². The van der Waals surface area contributed by atoms with Gasteiger partial charge in [0.25, 0.3) is 6.71 Å². The molecule has 2 heterocycles. The summed E-state index contributed by atoms with van der Waals surface area (Å²) in [5.74, 6) is 0. The van der Waals surface area contributed by atoms with Crippen LogP contribution in [0.3, 0.4) is 0 Å². The first-order valence-electron chi connectivity index (χ1n) is 14.3. The highest BCUT2D eigenvalue weighted by Crippen LogP contribution is 2.46. The summed E-state index contributed by atoms with van der Waals surface area (Å²) < 4.78 is 0. The predicted molar refractivity (Wildman–Crippen MR) is 175 cm³/mol. The Labute approximate surface area is 242 Å². The zero-order valence-electron chi connectivity index (χ0n) is 23.3. The van der Waals surface area contributed by atoms with Crippen LogP contribution in [-0.4, -0.2) is 6.71 Å². The standard InChI is InChI=1S/C38H29BN2/c1-26-14-13-15-27(2)37(26)28-24-35-38-36(25-28)41(30-18-7-4-8-19-30)34-23-12-10-21-32(34)39(38)31-20-9-11-22-33(31)40(35)29-16-5-3-6-17-29/h3-25H,1-2H3. The monoisotopic (exact) mass is 524 g/mol. The van der Waals surface area contributed by atoms with Gasteiger partial charge in [0.05, 0.1) is 0 Å². The first kappa shape index (κ1) is 23.8. The van der Waals surface area contributed by atoms with Crippen LogP contribution < -0.4 is 26.2 Å². The van der Waals surface area contributed by atoms with E-state index >= 15 is 0 Å². The summed E-state index contributed by atoms with van der Waals surface area (Å²) in [6, 6.07) is 51.0. The molecule has 0 unspecified atom stereocenters. The number of hydrogen-bond acceptors (Lipinski definition) is 2. The van der Waals surface area contributed by atoms with Crippen molar-refractivity contribution in [2.45, 2.75) is 13.8 Å². The Kier molecular flexibility index (Phi) is 5.40. The second-order valence-corrected chi connectivity index (χ2v) is 11.1. The maximum absolute atomic E-state index is 2.47. The molecule has 3 heteroatoms. The van der Waals surface area contributed by atoms with Gasteiger partial charge in [-0.15, -0.1) is 0 Å². The highest BCUT2D eigenvalue weighted by Gasteiger charge is 2.43. The summed E-state index contributed by atoms with van der Waals surface area (Å²) in [6.07, 6.45) is 0. The molecule has 41 heavy (non-hydrogen) atoms. The van der Waals surface area contributed by atoms with Gasteiger partial charge in [0.2, 0.25) is 0 Å². The van der Waals surface area contributed by atoms with Crippen molar-refractivity contribution in [3.63, 3.8) is 0 Å². The Morgan fingerprint density at radius 3 is 1.37 bits per heavy atom. The van der Waals surface area contributed by atoms with Gasteiger partial charge in [-0.25, -0.2) is 0 Å². The minimum Gasteiger partial charge on any atom is -0.311 e. The SMILES string of the molecule is Cc1cccc(C)c1-c1cc2c3c(c1)N(c1ccccc1)c1ccccc1B3c1ccccc1N2c1ccccc1. The molecule has 0 saturated carbocycles. The molecule has 0 spiro atoms. The van der Waals surface area contributed by atoms with E-state index in [0.717, 1.165) is 0 Å². The number of benzene rings is 6. The Hall–Kier alpha value is -5.02. The molecule has 6 aromatic carbocycles. The number of rotatable bonds is 3. The van der Waals surface area contributed by atoms with E-state index in [1.54, 1.807) is 0 Å². The van der Waals surface area contributed by atoms with Crippen LogP contribution in [0.25, 0.3) is 11.1 Å². The number of anilines is 6. The van der Waals surface area contributed by atoms with Crippen molar-refractivity contribution in [1.29, 1.82) is 0 Å². The Bertz CT molecular complexity index is 1800. The second kappa shape index (κ2) is 9.28. The van der Waals surface area contributed by atoms with Crippen LogP contribution in [-0.2, 0) is 0 Å². The fourth-order valence-corrected chi connectivity index (χ4v) is 7.02. The van der Waals surface area contributed by atoms with Crippen molar-refractivity contribution in [3.05, 3.63) is 151 Å². The van der Waals surface area contributed by atoms with E-state index in [-0.39, 0.29) is 6.71 Å². The van der Waals surface area contributed by atoms with Crippen molar-refractivity contribution in [3.8, 4) is 11.1 Å². The van der Waals surface area contributed by atoms with Crippen molar-refractivity contribution in [1.82, 2.24) is 0 Å². The molecule has 0 amide bonds. The number of hydrogen-bond donors (Lipinski definition) is 0. The zero-order valence-corrected chi connectivity index (χ0v) is 23.3. The van der Waals surface area contributed by atoms with E-state index in [4.69, 9.17) is 0 Å². The number of nitrogens with zero attached hydrogens (tertiary/aromatic N) is 2. The number of para-hydroxylation sites is 4. The fourth-order valence-electron chi connectivity index (χ4n) is 7.02. The molecule has 2 aliphatic rings. The molecule has 8 rings (SSSR count). The number of aryl methyl sites for hydroxylation is 2. The van der Waals surface area contributed by atoms with Crippen LogP contribution in [0, 0.1) is 13.8 Å². The average Bonchev–Trinajstić information content (AvgIpc) is 3.01. The minimum absolute atomic E-state index is 0.138. The first-order valence-corrected chi connectivity index (χ1v) is 14.3. The lowest BCUT2D eigenvalue weighted by atomic mass is 9.33. The highest BCUT2D eigenvalue weighted by atomic mass is 15.2. The molecule has 0 radical (unpaired) electrons. The summed E-state index contributed by atoms with van der Waals surface area (Å²) in [4.78, 5) is 4.94. The summed E-state index contributed by atoms with van der Waals surface area (Å²) in [7, 11) is 0. The van der Waals surface area contributed by atoms with Gasteiger partial charge in [-0.05, 0) is 101 Å². The van der Waals surface area contributed by atoms with E-state index < -0.39 is 0 Å². The molecule has 6 aromatic rings. The predicted octanol–water partition coefficient (Wildman–Crippen LogP) is 8.05. The van der Waals surface area contributed by atoms with Crippen LogP contribution in [0.2, 0.25) is 0 Å². The molecule has 2 nitrogen and oxygen atoms in total.